The van der Waals surface area contributed by atoms with Gasteiger partial charge in [-0.3, -0.25) is 9.89 Å². The molecule has 0 spiro atoms. The minimum absolute atomic E-state index is 0.0162. The molecule has 0 unspecified atom stereocenters. The molecule has 1 fully saturated rings. The molecule has 2 heterocycles. The van der Waals surface area contributed by atoms with E-state index in [-0.39, 0.29) is 23.7 Å². The van der Waals surface area contributed by atoms with E-state index < -0.39 is 0 Å². The molecule has 128 valence electrons. The van der Waals surface area contributed by atoms with Crippen molar-refractivity contribution in [3.05, 3.63) is 36.3 Å². The van der Waals surface area contributed by atoms with Crippen LogP contribution >= 0.6 is 0 Å². The van der Waals surface area contributed by atoms with Gasteiger partial charge in [0.25, 0.3) is 0 Å². The molecule has 25 heavy (non-hydrogen) atoms. The predicted molar refractivity (Wildman–Crippen MR) is 88.7 cm³/mol. The molecular formula is C17H16FN5O2. The molecule has 0 bridgehead atoms. The molecule has 1 saturated carbocycles. The van der Waals surface area contributed by atoms with E-state index in [2.05, 4.69) is 25.5 Å². The van der Waals surface area contributed by atoms with Crippen molar-refractivity contribution in [1.29, 1.82) is 0 Å². The maximum Gasteiger partial charge on any atom is 0.323 e. The van der Waals surface area contributed by atoms with Crippen LogP contribution in [0.25, 0.3) is 11.0 Å². The lowest BCUT2D eigenvalue weighted by Crippen LogP contribution is -2.20. The van der Waals surface area contributed by atoms with Crippen LogP contribution in [0.4, 0.5) is 10.2 Å². The van der Waals surface area contributed by atoms with Crippen LogP contribution in [-0.2, 0) is 4.79 Å². The second kappa shape index (κ2) is 6.46. The van der Waals surface area contributed by atoms with E-state index in [4.69, 9.17) is 4.74 Å². The van der Waals surface area contributed by atoms with Crippen molar-refractivity contribution >= 4 is 22.8 Å². The summed E-state index contributed by atoms with van der Waals surface area (Å²) in [6.45, 7) is 0. The summed E-state index contributed by atoms with van der Waals surface area (Å²) in [4.78, 5) is 20.6. The first kappa shape index (κ1) is 15.5. The minimum atomic E-state index is -0.347. The molecule has 0 aliphatic heterocycles. The number of anilines is 1. The average molecular weight is 341 g/mol. The Labute approximate surface area is 142 Å². The largest absolute Gasteiger partial charge is 0.424 e. The summed E-state index contributed by atoms with van der Waals surface area (Å²) in [5, 5.41) is 10.3. The number of fused-ring (bicyclic) bond motifs is 1. The normalized spacial score (nSPS) is 14.8. The van der Waals surface area contributed by atoms with Gasteiger partial charge in [-0.05, 0) is 37.1 Å². The lowest BCUT2D eigenvalue weighted by molar-refractivity contribution is -0.119. The second-order valence-electron chi connectivity index (χ2n) is 6.01. The lowest BCUT2D eigenvalue weighted by atomic mass is 10.1. The number of ether oxygens (including phenoxy) is 1. The highest BCUT2D eigenvalue weighted by atomic mass is 19.1. The Morgan fingerprint density at radius 3 is 2.76 bits per heavy atom. The van der Waals surface area contributed by atoms with Gasteiger partial charge in [-0.1, -0.05) is 12.8 Å². The number of aromatic amines is 1. The Bertz CT molecular complexity index is 903. The molecular weight excluding hydrogens is 325 g/mol. The topological polar surface area (TPSA) is 92.8 Å². The quantitative estimate of drug-likeness (QED) is 0.758. The fraction of sp³-hybridized carbons (Fsp3) is 0.294. The first-order valence-corrected chi connectivity index (χ1v) is 8.14. The van der Waals surface area contributed by atoms with Gasteiger partial charge in [0.15, 0.2) is 11.5 Å². The molecule has 0 saturated heterocycles. The molecule has 1 aliphatic rings. The Balaban J connectivity index is 1.52. The summed E-state index contributed by atoms with van der Waals surface area (Å²) < 4.78 is 18.4. The van der Waals surface area contributed by atoms with Crippen LogP contribution in [0.5, 0.6) is 11.8 Å². The number of nitrogens with zero attached hydrogens (tertiary/aromatic N) is 3. The van der Waals surface area contributed by atoms with Crippen molar-refractivity contribution < 1.29 is 13.9 Å². The average Bonchev–Trinajstić information content (AvgIpc) is 3.27. The maximum atomic E-state index is 12.9. The van der Waals surface area contributed by atoms with Gasteiger partial charge in [0.05, 0.1) is 5.39 Å². The van der Waals surface area contributed by atoms with Crippen molar-refractivity contribution in [1.82, 2.24) is 20.2 Å². The van der Waals surface area contributed by atoms with Gasteiger partial charge in [-0.2, -0.15) is 10.1 Å². The number of H-pyrrole nitrogens is 1. The van der Waals surface area contributed by atoms with Crippen molar-refractivity contribution in [3.63, 3.8) is 0 Å². The molecule has 0 atom stereocenters. The number of hydrogen-bond acceptors (Lipinski definition) is 5. The SMILES string of the molecule is O=C(Nc1n[nH]c2nc(Oc3ccc(F)cc3)ncc12)C1CCCC1. The molecule has 4 rings (SSSR count). The third kappa shape index (κ3) is 3.28. The third-order valence-electron chi connectivity index (χ3n) is 4.29. The molecule has 1 amide bonds. The fourth-order valence-electron chi connectivity index (χ4n) is 2.95. The summed E-state index contributed by atoms with van der Waals surface area (Å²) >= 11 is 0. The number of rotatable bonds is 4. The standard InChI is InChI=1S/C17H16FN5O2/c18-11-5-7-12(8-6-11)25-17-19-9-13-14(22-23-15(13)21-17)20-16(24)10-3-1-2-4-10/h5-10H,1-4H2,(H2,19,20,21,22,23,24). The molecule has 2 aromatic heterocycles. The lowest BCUT2D eigenvalue weighted by Gasteiger charge is -2.08. The Kier molecular flexibility index (Phi) is 4.01. The number of carbonyl (C=O) groups excluding carboxylic acids is 1. The van der Waals surface area contributed by atoms with Crippen LogP contribution in [0.15, 0.2) is 30.5 Å². The highest BCUT2D eigenvalue weighted by Crippen LogP contribution is 2.27. The van der Waals surface area contributed by atoms with E-state index in [1.54, 1.807) is 0 Å². The Morgan fingerprint density at radius 2 is 2.00 bits per heavy atom. The van der Waals surface area contributed by atoms with Crippen LogP contribution in [0.1, 0.15) is 25.7 Å². The van der Waals surface area contributed by atoms with Crippen LogP contribution in [0.3, 0.4) is 0 Å². The monoisotopic (exact) mass is 341 g/mol. The Hall–Kier alpha value is -3.03. The number of nitrogens with one attached hydrogen (secondary N) is 2. The zero-order valence-electron chi connectivity index (χ0n) is 13.3. The van der Waals surface area contributed by atoms with Gasteiger partial charge in [0.1, 0.15) is 11.6 Å². The number of aromatic nitrogens is 4. The molecule has 3 aromatic rings. The summed E-state index contributed by atoms with van der Waals surface area (Å²) in [5.41, 5.74) is 0.453. The fourth-order valence-corrected chi connectivity index (χ4v) is 2.95. The van der Waals surface area contributed by atoms with E-state index in [1.165, 1.54) is 30.5 Å². The van der Waals surface area contributed by atoms with Gasteiger partial charge >= 0.3 is 6.01 Å². The number of hydrogen-bond donors (Lipinski definition) is 2. The van der Waals surface area contributed by atoms with Crippen molar-refractivity contribution in [2.75, 3.05) is 5.32 Å². The van der Waals surface area contributed by atoms with E-state index in [0.717, 1.165) is 25.7 Å². The summed E-state index contributed by atoms with van der Waals surface area (Å²) in [6.07, 6.45) is 5.55. The number of carbonyl (C=O) groups is 1. The van der Waals surface area contributed by atoms with Crippen molar-refractivity contribution in [3.8, 4) is 11.8 Å². The zero-order valence-corrected chi connectivity index (χ0v) is 13.3. The van der Waals surface area contributed by atoms with E-state index in [1.807, 2.05) is 0 Å². The maximum absolute atomic E-state index is 12.9. The molecule has 1 aromatic carbocycles. The molecule has 8 heteroatoms. The summed E-state index contributed by atoms with van der Waals surface area (Å²) in [5.74, 6) is 0.529. The second-order valence-corrected chi connectivity index (χ2v) is 6.01. The van der Waals surface area contributed by atoms with Gasteiger partial charge in [0, 0.05) is 12.1 Å². The predicted octanol–water partition coefficient (Wildman–Crippen LogP) is 3.41. The molecule has 7 nitrogen and oxygen atoms in total. The van der Waals surface area contributed by atoms with Crippen LogP contribution < -0.4 is 10.1 Å². The number of halogens is 1. The van der Waals surface area contributed by atoms with Gasteiger partial charge in [-0.25, -0.2) is 9.37 Å². The molecule has 1 aliphatic carbocycles. The summed E-state index contributed by atoms with van der Waals surface area (Å²) in [7, 11) is 0. The van der Waals surface area contributed by atoms with E-state index in [9.17, 15) is 9.18 Å². The van der Waals surface area contributed by atoms with Crippen LogP contribution in [0, 0.1) is 11.7 Å². The molecule has 0 radical (unpaired) electrons. The third-order valence-corrected chi connectivity index (χ3v) is 4.29. The van der Waals surface area contributed by atoms with Gasteiger partial charge < -0.3 is 10.1 Å². The number of benzene rings is 1. The van der Waals surface area contributed by atoms with Crippen molar-refractivity contribution in [2.45, 2.75) is 25.7 Å². The van der Waals surface area contributed by atoms with Crippen LogP contribution in [0.2, 0.25) is 0 Å². The van der Waals surface area contributed by atoms with Crippen molar-refractivity contribution in [2.24, 2.45) is 5.92 Å². The van der Waals surface area contributed by atoms with Gasteiger partial charge in [-0.15, -0.1) is 0 Å². The number of amides is 1. The van der Waals surface area contributed by atoms with Crippen LogP contribution in [-0.4, -0.2) is 26.1 Å². The first-order valence-electron chi connectivity index (χ1n) is 8.14. The molecule has 2 N–H and O–H groups in total. The summed E-state index contributed by atoms with van der Waals surface area (Å²) in [6, 6.07) is 5.67. The van der Waals surface area contributed by atoms with E-state index in [0.29, 0.717) is 22.6 Å². The zero-order chi connectivity index (χ0) is 17.2. The van der Waals surface area contributed by atoms with E-state index >= 15 is 0 Å². The smallest absolute Gasteiger partial charge is 0.323 e. The first-order chi connectivity index (χ1) is 12.2. The van der Waals surface area contributed by atoms with Gasteiger partial charge in [0.2, 0.25) is 5.91 Å². The minimum Gasteiger partial charge on any atom is -0.424 e. The Morgan fingerprint density at radius 1 is 1.24 bits per heavy atom. The highest BCUT2D eigenvalue weighted by molar-refractivity contribution is 5.99. The highest BCUT2D eigenvalue weighted by Gasteiger charge is 2.24.